The fraction of sp³-hybridized carbons (Fsp3) is 0.846. The Hall–Kier alpha value is -0.940. The van der Waals surface area contributed by atoms with Gasteiger partial charge in [0.25, 0.3) is 0 Å². The van der Waals surface area contributed by atoms with Crippen molar-refractivity contribution in [2.75, 3.05) is 7.11 Å². The van der Waals surface area contributed by atoms with E-state index >= 15 is 0 Å². The molecule has 1 unspecified atom stereocenters. The summed E-state index contributed by atoms with van der Waals surface area (Å²) in [5, 5.41) is 4.08. The molecule has 1 aromatic rings. The van der Waals surface area contributed by atoms with Gasteiger partial charge in [-0.3, -0.25) is 0 Å². The van der Waals surface area contributed by atoms with Crippen molar-refractivity contribution in [3.8, 4) is 0 Å². The van der Waals surface area contributed by atoms with E-state index in [-0.39, 0.29) is 11.6 Å². The standard InChI is InChI=1S/C13H23N3O2/c1-9(2)8-10(14)11-15-12(16-18-11)13(17-3)6-4-5-7-13/h9-10H,4-8,14H2,1-3H3. The molecule has 1 aromatic heterocycles. The summed E-state index contributed by atoms with van der Waals surface area (Å²) in [6, 6.07) is -0.179. The number of nitrogens with two attached hydrogens (primary N) is 1. The molecular weight excluding hydrogens is 230 g/mol. The van der Waals surface area contributed by atoms with Crippen molar-refractivity contribution in [3.05, 3.63) is 11.7 Å². The van der Waals surface area contributed by atoms with Crippen LogP contribution in [0.15, 0.2) is 4.52 Å². The Morgan fingerprint density at radius 3 is 2.61 bits per heavy atom. The number of hydrogen-bond acceptors (Lipinski definition) is 5. The number of nitrogens with zero attached hydrogens (tertiary/aromatic N) is 2. The third kappa shape index (κ3) is 2.57. The summed E-state index contributed by atoms with van der Waals surface area (Å²) in [6.07, 6.45) is 5.07. The fourth-order valence-corrected chi connectivity index (χ4v) is 2.64. The minimum Gasteiger partial charge on any atom is -0.370 e. The van der Waals surface area contributed by atoms with E-state index in [0.29, 0.717) is 17.6 Å². The van der Waals surface area contributed by atoms with Crippen molar-refractivity contribution in [3.63, 3.8) is 0 Å². The molecular formula is C13H23N3O2. The Bertz CT molecular complexity index is 383. The molecule has 5 nitrogen and oxygen atoms in total. The minimum absolute atomic E-state index is 0.179. The molecule has 0 aromatic carbocycles. The van der Waals surface area contributed by atoms with Crippen molar-refractivity contribution in [1.82, 2.24) is 10.1 Å². The van der Waals surface area contributed by atoms with E-state index < -0.39 is 0 Å². The van der Waals surface area contributed by atoms with Gasteiger partial charge in [-0.25, -0.2) is 0 Å². The number of hydrogen-bond donors (Lipinski definition) is 1. The summed E-state index contributed by atoms with van der Waals surface area (Å²) in [4.78, 5) is 4.46. The van der Waals surface area contributed by atoms with Crippen LogP contribution in [0.4, 0.5) is 0 Å². The van der Waals surface area contributed by atoms with Gasteiger partial charge in [0.05, 0.1) is 6.04 Å². The molecule has 1 aliphatic rings. The first-order chi connectivity index (χ1) is 8.57. The molecule has 0 aliphatic heterocycles. The second kappa shape index (κ2) is 5.36. The molecule has 0 saturated heterocycles. The number of aromatic nitrogens is 2. The molecule has 2 rings (SSSR count). The molecule has 0 bridgehead atoms. The zero-order valence-electron chi connectivity index (χ0n) is 11.5. The molecule has 5 heteroatoms. The van der Waals surface area contributed by atoms with Crippen LogP contribution in [-0.4, -0.2) is 17.3 Å². The normalized spacial score (nSPS) is 20.5. The summed E-state index contributed by atoms with van der Waals surface area (Å²) in [6.45, 7) is 4.26. The van der Waals surface area contributed by atoms with Crippen molar-refractivity contribution in [2.24, 2.45) is 11.7 Å². The molecule has 1 saturated carbocycles. The lowest BCUT2D eigenvalue weighted by atomic mass is 10.0. The molecule has 1 atom stereocenters. The lowest BCUT2D eigenvalue weighted by Gasteiger charge is -2.22. The minimum atomic E-state index is -0.348. The highest BCUT2D eigenvalue weighted by molar-refractivity contribution is 5.05. The van der Waals surface area contributed by atoms with Gasteiger partial charge in [0.2, 0.25) is 11.7 Å². The van der Waals surface area contributed by atoms with Crippen LogP contribution in [-0.2, 0) is 10.3 Å². The van der Waals surface area contributed by atoms with E-state index in [9.17, 15) is 0 Å². The predicted octanol–water partition coefficient (Wildman–Crippen LogP) is 2.53. The Kier molecular flexibility index (Phi) is 4.02. The highest BCUT2D eigenvalue weighted by Crippen LogP contribution is 2.40. The zero-order valence-corrected chi connectivity index (χ0v) is 11.5. The number of rotatable bonds is 5. The Labute approximate surface area is 108 Å². The first-order valence-electron chi connectivity index (χ1n) is 6.72. The maximum absolute atomic E-state index is 6.06. The van der Waals surface area contributed by atoms with E-state index in [1.165, 1.54) is 0 Å². The molecule has 1 aliphatic carbocycles. The lowest BCUT2D eigenvalue weighted by molar-refractivity contribution is -0.0178. The first kappa shape index (κ1) is 13.5. The van der Waals surface area contributed by atoms with Gasteiger partial charge in [0.1, 0.15) is 5.60 Å². The van der Waals surface area contributed by atoms with Crippen LogP contribution in [0, 0.1) is 5.92 Å². The van der Waals surface area contributed by atoms with Crippen LogP contribution >= 0.6 is 0 Å². The maximum atomic E-state index is 6.06. The van der Waals surface area contributed by atoms with Crippen LogP contribution in [0.5, 0.6) is 0 Å². The topological polar surface area (TPSA) is 74.2 Å². The van der Waals surface area contributed by atoms with Crippen molar-refractivity contribution in [2.45, 2.75) is 57.6 Å². The Morgan fingerprint density at radius 2 is 2.06 bits per heavy atom. The summed E-state index contributed by atoms with van der Waals surface area (Å²) in [5.74, 6) is 1.71. The third-order valence-electron chi connectivity index (χ3n) is 3.69. The molecule has 1 heterocycles. The smallest absolute Gasteiger partial charge is 0.243 e. The summed E-state index contributed by atoms with van der Waals surface area (Å²) in [5.41, 5.74) is 5.71. The van der Waals surface area contributed by atoms with Gasteiger partial charge in [0, 0.05) is 7.11 Å². The van der Waals surface area contributed by atoms with Gasteiger partial charge < -0.3 is 15.0 Å². The number of methoxy groups -OCH3 is 1. The van der Waals surface area contributed by atoms with E-state index in [2.05, 4.69) is 24.0 Å². The first-order valence-corrected chi connectivity index (χ1v) is 6.72. The summed E-state index contributed by atoms with van der Waals surface area (Å²) in [7, 11) is 1.72. The molecule has 2 N–H and O–H groups in total. The van der Waals surface area contributed by atoms with Gasteiger partial charge in [-0.15, -0.1) is 0 Å². The van der Waals surface area contributed by atoms with Gasteiger partial charge in [0.15, 0.2) is 0 Å². The highest BCUT2D eigenvalue weighted by Gasteiger charge is 2.40. The molecule has 0 spiro atoms. The van der Waals surface area contributed by atoms with Crippen LogP contribution in [0.25, 0.3) is 0 Å². The van der Waals surface area contributed by atoms with Gasteiger partial charge in [-0.2, -0.15) is 4.98 Å². The average molecular weight is 253 g/mol. The third-order valence-corrected chi connectivity index (χ3v) is 3.69. The van der Waals surface area contributed by atoms with Crippen LogP contribution in [0.2, 0.25) is 0 Å². The average Bonchev–Trinajstić information content (AvgIpc) is 2.98. The number of ether oxygens (including phenoxy) is 1. The quantitative estimate of drug-likeness (QED) is 0.872. The molecule has 102 valence electrons. The van der Waals surface area contributed by atoms with E-state index in [1.807, 2.05) is 0 Å². The van der Waals surface area contributed by atoms with E-state index in [4.69, 9.17) is 15.0 Å². The highest BCUT2D eigenvalue weighted by atomic mass is 16.5. The van der Waals surface area contributed by atoms with E-state index in [0.717, 1.165) is 32.1 Å². The molecule has 1 fully saturated rings. The SMILES string of the molecule is COC1(c2noc(C(N)CC(C)C)n2)CCCC1. The van der Waals surface area contributed by atoms with Crippen LogP contribution < -0.4 is 5.73 Å². The Balaban J connectivity index is 2.14. The lowest BCUT2D eigenvalue weighted by Crippen LogP contribution is -2.26. The van der Waals surface area contributed by atoms with E-state index in [1.54, 1.807) is 7.11 Å². The monoisotopic (exact) mass is 253 g/mol. The molecule has 0 radical (unpaired) electrons. The largest absolute Gasteiger partial charge is 0.370 e. The summed E-state index contributed by atoms with van der Waals surface area (Å²) < 4.78 is 10.9. The Morgan fingerprint density at radius 1 is 1.39 bits per heavy atom. The van der Waals surface area contributed by atoms with Gasteiger partial charge >= 0.3 is 0 Å². The van der Waals surface area contributed by atoms with Crippen LogP contribution in [0.3, 0.4) is 0 Å². The van der Waals surface area contributed by atoms with Crippen LogP contribution in [0.1, 0.15) is 63.7 Å². The van der Waals surface area contributed by atoms with Crippen molar-refractivity contribution in [1.29, 1.82) is 0 Å². The van der Waals surface area contributed by atoms with Gasteiger partial charge in [-0.1, -0.05) is 19.0 Å². The maximum Gasteiger partial charge on any atom is 0.243 e. The summed E-state index contributed by atoms with van der Waals surface area (Å²) >= 11 is 0. The fourth-order valence-electron chi connectivity index (χ4n) is 2.64. The second-order valence-corrected chi connectivity index (χ2v) is 5.60. The molecule has 0 amide bonds. The second-order valence-electron chi connectivity index (χ2n) is 5.60. The predicted molar refractivity (Wildman–Crippen MR) is 67.8 cm³/mol. The molecule has 18 heavy (non-hydrogen) atoms. The van der Waals surface area contributed by atoms with Crippen molar-refractivity contribution >= 4 is 0 Å². The zero-order chi connectivity index (χ0) is 13.2. The van der Waals surface area contributed by atoms with Gasteiger partial charge in [-0.05, 0) is 38.0 Å². The van der Waals surface area contributed by atoms with Crippen molar-refractivity contribution < 1.29 is 9.26 Å².